The average Bonchev–Trinajstić information content (AvgIpc) is 2.94. The van der Waals surface area contributed by atoms with Gasteiger partial charge in [-0.25, -0.2) is 4.98 Å². The lowest BCUT2D eigenvalue weighted by Crippen LogP contribution is -2.44. The van der Waals surface area contributed by atoms with Crippen LogP contribution in [0.3, 0.4) is 0 Å². The van der Waals surface area contributed by atoms with Crippen LogP contribution in [-0.4, -0.2) is 32.7 Å². The van der Waals surface area contributed by atoms with Gasteiger partial charge < -0.3 is 14.6 Å². The smallest absolute Gasteiger partial charge is 0.382 e. The molecular formula is C15H17F3N4O. The monoisotopic (exact) mass is 326 g/mol. The Hall–Kier alpha value is -2.09. The molecule has 0 aromatic carbocycles. The zero-order chi connectivity index (χ0) is 16.7. The first-order chi connectivity index (χ1) is 10.8. The maximum Gasteiger partial charge on any atom is 0.419 e. The van der Waals surface area contributed by atoms with Gasteiger partial charge in [0.1, 0.15) is 11.4 Å². The summed E-state index contributed by atoms with van der Waals surface area (Å²) < 4.78 is 41.0. The van der Waals surface area contributed by atoms with Gasteiger partial charge in [-0.05, 0) is 6.07 Å². The van der Waals surface area contributed by atoms with Crippen LogP contribution in [-0.2, 0) is 18.8 Å². The SMILES string of the molecule is Cn1ccnc1C1(O)CCN(c2ccncc2C(F)(F)F)CC1. The van der Waals surface area contributed by atoms with Gasteiger partial charge in [0.05, 0.1) is 11.3 Å². The molecule has 0 atom stereocenters. The molecule has 1 aliphatic rings. The predicted octanol–water partition coefficient (Wildman–Crippen LogP) is 2.32. The molecule has 0 saturated carbocycles. The Morgan fingerprint density at radius 3 is 2.48 bits per heavy atom. The summed E-state index contributed by atoms with van der Waals surface area (Å²) >= 11 is 0. The highest BCUT2D eigenvalue weighted by Crippen LogP contribution is 2.39. The van der Waals surface area contributed by atoms with E-state index in [1.54, 1.807) is 28.9 Å². The van der Waals surface area contributed by atoms with Crippen LogP contribution in [0.15, 0.2) is 30.9 Å². The number of alkyl halides is 3. The van der Waals surface area contributed by atoms with E-state index in [9.17, 15) is 18.3 Å². The van der Waals surface area contributed by atoms with Gasteiger partial charge in [-0.1, -0.05) is 0 Å². The van der Waals surface area contributed by atoms with Crippen LogP contribution in [0, 0.1) is 0 Å². The minimum atomic E-state index is -4.45. The van der Waals surface area contributed by atoms with Gasteiger partial charge in [0.25, 0.3) is 0 Å². The number of anilines is 1. The minimum Gasteiger partial charge on any atom is -0.382 e. The van der Waals surface area contributed by atoms with Crippen LogP contribution in [0.2, 0.25) is 0 Å². The number of hydrogen-bond donors (Lipinski definition) is 1. The lowest BCUT2D eigenvalue weighted by atomic mass is 9.90. The third kappa shape index (κ3) is 2.90. The van der Waals surface area contributed by atoms with Crippen LogP contribution in [0.1, 0.15) is 24.2 Å². The van der Waals surface area contributed by atoms with E-state index < -0.39 is 17.3 Å². The van der Waals surface area contributed by atoms with E-state index in [0.29, 0.717) is 31.8 Å². The van der Waals surface area contributed by atoms with Gasteiger partial charge in [0.2, 0.25) is 0 Å². The fourth-order valence-electron chi connectivity index (χ4n) is 3.04. The highest BCUT2D eigenvalue weighted by molar-refractivity contribution is 5.54. The number of rotatable bonds is 2. The molecule has 0 amide bonds. The van der Waals surface area contributed by atoms with E-state index in [1.165, 1.54) is 12.3 Å². The first kappa shape index (κ1) is 15.8. The molecule has 0 spiro atoms. The number of nitrogens with zero attached hydrogens (tertiary/aromatic N) is 4. The number of aromatic nitrogens is 3. The van der Waals surface area contributed by atoms with Crippen molar-refractivity contribution in [3.8, 4) is 0 Å². The molecule has 1 fully saturated rings. The third-order valence-corrected chi connectivity index (χ3v) is 4.27. The molecule has 1 aliphatic heterocycles. The summed E-state index contributed by atoms with van der Waals surface area (Å²) in [6, 6.07) is 1.37. The van der Waals surface area contributed by atoms with Crippen molar-refractivity contribution in [3.05, 3.63) is 42.2 Å². The van der Waals surface area contributed by atoms with Crippen molar-refractivity contribution < 1.29 is 18.3 Å². The van der Waals surface area contributed by atoms with Crippen molar-refractivity contribution in [2.75, 3.05) is 18.0 Å². The Labute approximate surface area is 131 Å². The molecule has 5 nitrogen and oxygen atoms in total. The summed E-state index contributed by atoms with van der Waals surface area (Å²) in [6.45, 7) is 0.632. The number of aliphatic hydroxyl groups is 1. The summed E-state index contributed by atoms with van der Waals surface area (Å²) in [5.74, 6) is 0.544. The molecule has 8 heteroatoms. The molecule has 0 radical (unpaired) electrons. The molecule has 2 aromatic heterocycles. The lowest BCUT2D eigenvalue weighted by Gasteiger charge is -2.39. The first-order valence-corrected chi connectivity index (χ1v) is 7.27. The van der Waals surface area contributed by atoms with E-state index in [-0.39, 0.29) is 5.69 Å². The van der Waals surface area contributed by atoms with Crippen molar-refractivity contribution >= 4 is 5.69 Å². The summed E-state index contributed by atoms with van der Waals surface area (Å²) in [5.41, 5.74) is -1.75. The number of imidazole rings is 1. The van der Waals surface area contributed by atoms with E-state index in [2.05, 4.69) is 9.97 Å². The predicted molar refractivity (Wildman–Crippen MR) is 77.8 cm³/mol. The second-order valence-electron chi connectivity index (χ2n) is 5.77. The van der Waals surface area contributed by atoms with Crippen LogP contribution in [0.25, 0.3) is 0 Å². The Morgan fingerprint density at radius 1 is 1.22 bits per heavy atom. The number of aryl methyl sites for hydroxylation is 1. The van der Waals surface area contributed by atoms with Crippen LogP contribution >= 0.6 is 0 Å². The zero-order valence-electron chi connectivity index (χ0n) is 12.6. The number of pyridine rings is 1. The fourth-order valence-corrected chi connectivity index (χ4v) is 3.04. The van der Waals surface area contributed by atoms with E-state index in [0.717, 1.165) is 6.20 Å². The van der Waals surface area contributed by atoms with Gasteiger partial charge in [0, 0.05) is 57.8 Å². The molecule has 23 heavy (non-hydrogen) atoms. The molecule has 1 N–H and O–H groups in total. The molecule has 1 saturated heterocycles. The quantitative estimate of drug-likeness (QED) is 0.920. The van der Waals surface area contributed by atoms with Crippen molar-refractivity contribution in [1.29, 1.82) is 0 Å². The second kappa shape index (κ2) is 5.52. The zero-order valence-corrected chi connectivity index (χ0v) is 12.6. The maximum atomic E-state index is 13.1. The van der Waals surface area contributed by atoms with Crippen LogP contribution in [0.5, 0.6) is 0 Å². The Kier molecular flexibility index (Phi) is 3.79. The van der Waals surface area contributed by atoms with Gasteiger partial charge >= 0.3 is 6.18 Å². The summed E-state index contributed by atoms with van der Waals surface area (Å²) in [4.78, 5) is 9.39. The molecular weight excluding hydrogens is 309 g/mol. The van der Waals surface area contributed by atoms with Crippen molar-refractivity contribution in [3.63, 3.8) is 0 Å². The molecule has 124 valence electrons. The molecule has 3 rings (SSSR count). The van der Waals surface area contributed by atoms with E-state index >= 15 is 0 Å². The Morgan fingerprint density at radius 2 is 1.91 bits per heavy atom. The molecule has 0 bridgehead atoms. The van der Waals surface area contributed by atoms with Crippen molar-refractivity contribution in [2.24, 2.45) is 7.05 Å². The van der Waals surface area contributed by atoms with Gasteiger partial charge in [-0.2, -0.15) is 13.2 Å². The van der Waals surface area contributed by atoms with Gasteiger partial charge in [0.15, 0.2) is 0 Å². The lowest BCUT2D eigenvalue weighted by molar-refractivity contribution is -0.137. The normalized spacial score (nSPS) is 18.2. The topological polar surface area (TPSA) is 54.2 Å². The number of halogens is 3. The summed E-state index contributed by atoms with van der Waals surface area (Å²) in [7, 11) is 1.79. The molecule has 0 unspecified atom stereocenters. The van der Waals surface area contributed by atoms with E-state index in [4.69, 9.17) is 0 Å². The van der Waals surface area contributed by atoms with Crippen LogP contribution < -0.4 is 4.90 Å². The Bertz CT molecular complexity index is 690. The third-order valence-electron chi connectivity index (χ3n) is 4.27. The average molecular weight is 326 g/mol. The minimum absolute atomic E-state index is 0.106. The van der Waals surface area contributed by atoms with Crippen LogP contribution in [0.4, 0.5) is 18.9 Å². The summed E-state index contributed by atoms with van der Waals surface area (Å²) in [6.07, 6.45) is 1.72. The highest BCUT2D eigenvalue weighted by atomic mass is 19.4. The molecule has 3 heterocycles. The first-order valence-electron chi connectivity index (χ1n) is 7.27. The largest absolute Gasteiger partial charge is 0.419 e. The summed E-state index contributed by atoms with van der Waals surface area (Å²) in [5, 5.41) is 10.8. The second-order valence-corrected chi connectivity index (χ2v) is 5.77. The number of hydrogen-bond acceptors (Lipinski definition) is 4. The maximum absolute atomic E-state index is 13.1. The van der Waals surface area contributed by atoms with Gasteiger partial charge in [-0.15, -0.1) is 0 Å². The van der Waals surface area contributed by atoms with Gasteiger partial charge in [-0.3, -0.25) is 4.98 Å². The molecule has 0 aliphatic carbocycles. The Balaban J connectivity index is 1.82. The van der Waals surface area contributed by atoms with E-state index in [1.807, 2.05) is 0 Å². The van der Waals surface area contributed by atoms with Crippen molar-refractivity contribution in [2.45, 2.75) is 24.6 Å². The fraction of sp³-hybridized carbons (Fsp3) is 0.467. The highest BCUT2D eigenvalue weighted by Gasteiger charge is 2.40. The van der Waals surface area contributed by atoms with Crippen molar-refractivity contribution in [1.82, 2.24) is 14.5 Å². The molecule has 2 aromatic rings. The standard InChI is InChI=1S/C15H17F3N4O/c1-21-9-6-20-13(21)14(23)3-7-22(8-4-14)12-2-5-19-10-11(12)15(16,17)18/h2,5-6,9-10,23H,3-4,7-8H2,1H3. The number of piperidine rings is 1.